The number of hydrogen-bond acceptors (Lipinski definition) is 6. The van der Waals surface area contributed by atoms with Crippen molar-refractivity contribution >= 4 is 34.9 Å². The third kappa shape index (κ3) is 2.45. The van der Waals surface area contributed by atoms with Crippen molar-refractivity contribution in [3.05, 3.63) is 21.6 Å². The molecule has 2 amide bonds. The minimum atomic E-state index is -0.726. The van der Waals surface area contributed by atoms with Gasteiger partial charge in [-0.3, -0.25) is 24.6 Å². The third-order valence-electron chi connectivity index (χ3n) is 2.70. The molecular formula is C9H8ClN5O4. The quantitative estimate of drug-likeness (QED) is 0.467. The van der Waals surface area contributed by atoms with Crippen molar-refractivity contribution in [3.63, 3.8) is 0 Å². The van der Waals surface area contributed by atoms with E-state index in [2.05, 4.69) is 9.97 Å². The monoisotopic (exact) mass is 285 g/mol. The maximum absolute atomic E-state index is 11.8. The van der Waals surface area contributed by atoms with Crippen LogP contribution >= 0.6 is 11.6 Å². The average molecular weight is 286 g/mol. The van der Waals surface area contributed by atoms with Crippen LogP contribution in [-0.2, 0) is 9.59 Å². The Labute approximate surface area is 111 Å². The van der Waals surface area contributed by atoms with Crippen LogP contribution < -0.4 is 10.6 Å². The van der Waals surface area contributed by atoms with Gasteiger partial charge >= 0.3 is 5.69 Å². The number of carbonyl (C=O) groups is 2. The first kappa shape index (κ1) is 13.1. The fraction of sp³-hybridized carbons (Fsp3) is 0.333. The number of nitrogens with zero attached hydrogens (tertiary/aromatic N) is 4. The van der Waals surface area contributed by atoms with Gasteiger partial charge in [0.05, 0.1) is 10.8 Å². The number of rotatable bonds is 3. The van der Waals surface area contributed by atoms with E-state index in [1.165, 1.54) is 0 Å². The Bertz CT molecular complexity index is 578. The van der Waals surface area contributed by atoms with Crippen LogP contribution in [0.25, 0.3) is 0 Å². The van der Waals surface area contributed by atoms with Crippen molar-refractivity contribution in [2.75, 3.05) is 11.4 Å². The van der Waals surface area contributed by atoms with Gasteiger partial charge in [-0.15, -0.1) is 0 Å². The summed E-state index contributed by atoms with van der Waals surface area (Å²) in [5.41, 5.74) is 4.66. The maximum atomic E-state index is 11.8. The molecule has 2 heterocycles. The minimum Gasteiger partial charge on any atom is -0.369 e. The zero-order valence-electron chi connectivity index (χ0n) is 9.45. The van der Waals surface area contributed by atoms with E-state index >= 15 is 0 Å². The lowest BCUT2D eigenvalue weighted by Gasteiger charge is -2.14. The summed E-state index contributed by atoms with van der Waals surface area (Å²) in [7, 11) is 0. The van der Waals surface area contributed by atoms with Gasteiger partial charge in [-0.05, 0) is 11.6 Å². The van der Waals surface area contributed by atoms with Crippen LogP contribution in [0.4, 0.5) is 11.5 Å². The zero-order valence-corrected chi connectivity index (χ0v) is 10.2. The summed E-state index contributed by atoms with van der Waals surface area (Å²) in [4.78, 5) is 41.2. The molecule has 1 aromatic rings. The van der Waals surface area contributed by atoms with Crippen molar-refractivity contribution < 1.29 is 14.5 Å². The summed E-state index contributed by atoms with van der Waals surface area (Å²) in [6.45, 7) is -0.0532. The molecule has 1 aromatic heterocycles. The second-order valence-electron chi connectivity index (χ2n) is 3.91. The first-order chi connectivity index (χ1) is 8.90. The summed E-state index contributed by atoms with van der Waals surface area (Å²) in [5.74, 6) is -2.03. The second kappa shape index (κ2) is 4.76. The second-order valence-corrected chi connectivity index (χ2v) is 4.25. The Morgan fingerprint density at radius 1 is 1.63 bits per heavy atom. The van der Waals surface area contributed by atoms with E-state index < -0.39 is 28.3 Å². The molecule has 1 unspecified atom stereocenters. The number of nitro groups is 1. The lowest BCUT2D eigenvalue weighted by molar-refractivity contribution is -0.384. The molecule has 2 N–H and O–H groups in total. The SMILES string of the molecule is NC(=O)C1CC(=O)N(c2nc(Cl)ncc2[N+](=O)[O-])C1. The number of nitrogens with two attached hydrogens (primary N) is 1. The fourth-order valence-electron chi connectivity index (χ4n) is 1.78. The Balaban J connectivity index is 2.42. The summed E-state index contributed by atoms with van der Waals surface area (Å²) in [6, 6.07) is 0. The molecule has 0 aromatic carbocycles. The largest absolute Gasteiger partial charge is 0.369 e. The third-order valence-corrected chi connectivity index (χ3v) is 2.88. The van der Waals surface area contributed by atoms with Crippen LogP contribution in [0.3, 0.4) is 0 Å². The Morgan fingerprint density at radius 2 is 2.32 bits per heavy atom. The van der Waals surface area contributed by atoms with E-state index in [1.54, 1.807) is 0 Å². The lowest BCUT2D eigenvalue weighted by atomic mass is 10.1. The molecule has 1 aliphatic heterocycles. The standard InChI is InChI=1S/C9H8ClN5O4/c10-9-12-2-5(15(18)19)8(13-9)14-3-4(7(11)17)1-6(14)16/h2,4H,1,3H2,(H2,11,17). The number of halogens is 1. The Hall–Kier alpha value is -2.29. The number of primary amides is 1. The van der Waals surface area contributed by atoms with Gasteiger partial charge in [0.25, 0.3) is 0 Å². The van der Waals surface area contributed by atoms with Gasteiger partial charge in [0.15, 0.2) is 0 Å². The predicted octanol–water partition coefficient (Wildman–Crippen LogP) is -0.124. The van der Waals surface area contributed by atoms with Crippen LogP contribution in [0.1, 0.15) is 6.42 Å². The number of aromatic nitrogens is 2. The van der Waals surface area contributed by atoms with E-state index in [0.29, 0.717) is 0 Å². The smallest absolute Gasteiger partial charge is 0.330 e. The normalized spacial score (nSPS) is 18.7. The fourth-order valence-corrected chi connectivity index (χ4v) is 1.90. The molecule has 1 fully saturated rings. The average Bonchev–Trinajstić information content (AvgIpc) is 2.71. The van der Waals surface area contributed by atoms with E-state index in [-0.39, 0.29) is 24.1 Å². The first-order valence-corrected chi connectivity index (χ1v) is 5.54. The van der Waals surface area contributed by atoms with Gasteiger partial charge < -0.3 is 5.73 Å². The number of carbonyl (C=O) groups excluding carboxylic acids is 2. The lowest BCUT2D eigenvalue weighted by Crippen LogP contribution is -2.29. The van der Waals surface area contributed by atoms with Crippen LogP contribution in [0.15, 0.2) is 6.20 Å². The summed E-state index contributed by atoms with van der Waals surface area (Å²) in [5, 5.41) is 10.6. The van der Waals surface area contributed by atoms with Crippen molar-refractivity contribution in [2.24, 2.45) is 11.7 Å². The predicted molar refractivity (Wildman–Crippen MR) is 63.4 cm³/mol. The molecule has 0 radical (unpaired) electrons. The van der Waals surface area contributed by atoms with E-state index in [0.717, 1.165) is 11.1 Å². The molecule has 0 saturated carbocycles. The highest BCUT2D eigenvalue weighted by atomic mass is 35.5. The minimum absolute atomic E-state index is 0.0532. The van der Waals surface area contributed by atoms with Crippen molar-refractivity contribution in [3.8, 4) is 0 Å². The van der Waals surface area contributed by atoms with Gasteiger partial charge in [0.2, 0.25) is 22.9 Å². The molecule has 10 heteroatoms. The molecule has 19 heavy (non-hydrogen) atoms. The molecule has 0 spiro atoms. The summed E-state index contributed by atoms with van der Waals surface area (Å²) in [6.07, 6.45) is 0.809. The molecule has 0 bridgehead atoms. The molecular weight excluding hydrogens is 278 g/mol. The zero-order chi connectivity index (χ0) is 14.2. The van der Waals surface area contributed by atoms with Gasteiger partial charge in [-0.25, -0.2) is 4.98 Å². The number of anilines is 1. The summed E-state index contributed by atoms with van der Waals surface area (Å²) < 4.78 is 0. The molecule has 2 rings (SSSR count). The van der Waals surface area contributed by atoms with Gasteiger partial charge in [0, 0.05) is 13.0 Å². The maximum Gasteiger partial charge on any atom is 0.330 e. The van der Waals surface area contributed by atoms with E-state index in [4.69, 9.17) is 17.3 Å². The molecule has 9 nitrogen and oxygen atoms in total. The molecule has 1 saturated heterocycles. The number of hydrogen-bond donors (Lipinski definition) is 1. The highest BCUT2D eigenvalue weighted by Crippen LogP contribution is 2.31. The van der Waals surface area contributed by atoms with Gasteiger partial charge in [0.1, 0.15) is 6.20 Å². The van der Waals surface area contributed by atoms with Crippen molar-refractivity contribution in [1.82, 2.24) is 9.97 Å². The highest BCUT2D eigenvalue weighted by molar-refractivity contribution is 6.28. The Kier molecular flexibility index (Phi) is 3.30. The van der Waals surface area contributed by atoms with Gasteiger partial charge in [-0.1, -0.05) is 0 Å². The number of amides is 2. The summed E-state index contributed by atoms with van der Waals surface area (Å²) >= 11 is 5.57. The van der Waals surface area contributed by atoms with Crippen molar-refractivity contribution in [1.29, 1.82) is 0 Å². The highest BCUT2D eigenvalue weighted by Gasteiger charge is 2.38. The Morgan fingerprint density at radius 3 is 2.84 bits per heavy atom. The van der Waals surface area contributed by atoms with Crippen LogP contribution in [0, 0.1) is 16.0 Å². The first-order valence-electron chi connectivity index (χ1n) is 5.16. The van der Waals surface area contributed by atoms with Crippen molar-refractivity contribution in [2.45, 2.75) is 6.42 Å². The molecule has 1 atom stereocenters. The molecule has 100 valence electrons. The van der Waals surface area contributed by atoms with Gasteiger partial charge in [-0.2, -0.15) is 4.98 Å². The molecule has 1 aliphatic rings. The van der Waals surface area contributed by atoms with Crippen LogP contribution in [0.5, 0.6) is 0 Å². The molecule has 0 aliphatic carbocycles. The van der Waals surface area contributed by atoms with E-state index in [1.807, 2.05) is 0 Å². The topological polar surface area (TPSA) is 132 Å². The van der Waals surface area contributed by atoms with Crippen LogP contribution in [0.2, 0.25) is 5.28 Å². The van der Waals surface area contributed by atoms with E-state index in [9.17, 15) is 19.7 Å². The van der Waals surface area contributed by atoms with Crippen LogP contribution in [-0.4, -0.2) is 33.3 Å².